The van der Waals surface area contributed by atoms with Gasteiger partial charge in [0.1, 0.15) is 5.69 Å². The molecule has 1 N–H and O–H groups in total. The number of rotatable bonds is 3. The highest BCUT2D eigenvalue weighted by atomic mass is 16.5. The number of carbonyl (C=O) groups is 1. The van der Waals surface area contributed by atoms with Crippen molar-refractivity contribution < 1.29 is 19.4 Å². The van der Waals surface area contributed by atoms with Crippen LogP contribution in [0.4, 0.5) is 0 Å². The summed E-state index contributed by atoms with van der Waals surface area (Å²) < 4.78 is 10.6. The Morgan fingerprint density at radius 2 is 1.96 bits per heavy atom. The lowest BCUT2D eigenvalue weighted by atomic mass is 9.77. The Morgan fingerprint density at radius 1 is 1.23 bits per heavy atom. The minimum Gasteiger partial charge on any atom is -0.481 e. The van der Waals surface area contributed by atoms with Crippen molar-refractivity contribution in [2.24, 2.45) is 11.8 Å². The highest BCUT2D eigenvalue weighted by Gasteiger charge is 2.45. The molecule has 4 atom stereocenters. The summed E-state index contributed by atoms with van der Waals surface area (Å²) in [6.45, 7) is 4.70. The number of methoxy groups -OCH3 is 1. The first-order valence-electron chi connectivity index (χ1n) is 9.46. The molecule has 0 aromatic carbocycles. The van der Waals surface area contributed by atoms with E-state index in [1.807, 2.05) is 4.90 Å². The Labute approximate surface area is 153 Å². The third-order valence-electron chi connectivity index (χ3n) is 6.06. The number of carbonyl (C=O) groups excluding carboxylic acids is 1. The summed E-state index contributed by atoms with van der Waals surface area (Å²) in [6.07, 6.45) is 1.39. The maximum Gasteiger partial charge on any atom is 0.272 e. The van der Waals surface area contributed by atoms with Crippen molar-refractivity contribution in [3.05, 3.63) is 23.9 Å². The summed E-state index contributed by atoms with van der Waals surface area (Å²) in [4.78, 5) is 21.4. The molecule has 1 amide bonds. The second-order valence-electron chi connectivity index (χ2n) is 7.55. The Bertz CT molecular complexity index is 649. The normalized spacial score (nSPS) is 32.3. The van der Waals surface area contributed by atoms with E-state index in [4.69, 9.17) is 9.47 Å². The van der Waals surface area contributed by atoms with Crippen molar-refractivity contribution >= 4 is 5.91 Å². The fourth-order valence-electron chi connectivity index (χ4n) is 4.68. The number of morpholine rings is 1. The van der Waals surface area contributed by atoms with Gasteiger partial charge in [-0.3, -0.25) is 9.69 Å². The Morgan fingerprint density at radius 3 is 2.69 bits per heavy atom. The molecule has 2 aliphatic heterocycles. The summed E-state index contributed by atoms with van der Waals surface area (Å²) in [6, 6.07) is 5.45. The molecule has 1 aromatic rings. The van der Waals surface area contributed by atoms with E-state index in [0.717, 1.165) is 45.7 Å². The summed E-state index contributed by atoms with van der Waals surface area (Å²) in [5.74, 6) is 1.23. The van der Waals surface area contributed by atoms with E-state index >= 15 is 0 Å². The van der Waals surface area contributed by atoms with Crippen LogP contribution in [-0.4, -0.2) is 84.4 Å². The van der Waals surface area contributed by atoms with Gasteiger partial charge in [0.25, 0.3) is 5.91 Å². The first kappa shape index (κ1) is 17.7. The van der Waals surface area contributed by atoms with Crippen LogP contribution >= 0.6 is 0 Å². The lowest BCUT2D eigenvalue weighted by Crippen LogP contribution is -2.53. The second kappa shape index (κ2) is 7.50. The molecule has 1 saturated carbocycles. The molecule has 4 rings (SSSR count). The highest BCUT2D eigenvalue weighted by Crippen LogP contribution is 2.38. The summed E-state index contributed by atoms with van der Waals surface area (Å²) in [7, 11) is 1.55. The van der Waals surface area contributed by atoms with Gasteiger partial charge in [-0.05, 0) is 30.7 Å². The molecule has 142 valence electrons. The highest BCUT2D eigenvalue weighted by molar-refractivity contribution is 5.92. The minimum atomic E-state index is -0.320. The number of aliphatic hydroxyl groups is 1. The standard InChI is InChI=1S/C19H27N3O4/c1-25-18-4-2-3-15(20-18)19(24)22-11-13-9-16(17(23)10-14(13)12-22)21-5-7-26-8-6-21/h2-4,13-14,16-17,23H,5-12H2,1H3/t13-,14+,16-,17-/m1/s1. The summed E-state index contributed by atoms with van der Waals surface area (Å²) in [5, 5.41) is 10.7. The van der Waals surface area contributed by atoms with Crippen molar-refractivity contribution in [3.8, 4) is 5.88 Å². The molecular formula is C19H27N3O4. The van der Waals surface area contributed by atoms with Crippen LogP contribution in [0.25, 0.3) is 0 Å². The van der Waals surface area contributed by atoms with Gasteiger partial charge in [0.2, 0.25) is 5.88 Å². The van der Waals surface area contributed by atoms with Crippen molar-refractivity contribution in [1.82, 2.24) is 14.8 Å². The van der Waals surface area contributed by atoms with Crippen LogP contribution in [0.3, 0.4) is 0 Å². The second-order valence-corrected chi connectivity index (χ2v) is 7.55. The molecule has 0 radical (unpaired) electrons. The monoisotopic (exact) mass is 361 g/mol. The molecule has 2 saturated heterocycles. The predicted molar refractivity (Wildman–Crippen MR) is 95.1 cm³/mol. The molecule has 0 unspecified atom stereocenters. The lowest BCUT2D eigenvalue weighted by Gasteiger charge is -2.43. The molecule has 0 bridgehead atoms. The van der Waals surface area contributed by atoms with E-state index in [1.54, 1.807) is 25.3 Å². The molecule has 7 nitrogen and oxygen atoms in total. The Balaban J connectivity index is 1.43. The van der Waals surface area contributed by atoms with Crippen LogP contribution in [0.5, 0.6) is 5.88 Å². The zero-order chi connectivity index (χ0) is 18.1. The number of aromatic nitrogens is 1. The topological polar surface area (TPSA) is 75.1 Å². The first-order valence-corrected chi connectivity index (χ1v) is 9.46. The number of hydrogen-bond acceptors (Lipinski definition) is 6. The van der Waals surface area contributed by atoms with Gasteiger partial charge in [0, 0.05) is 38.3 Å². The van der Waals surface area contributed by atoms with Gasteiger partial charge in [-0.15, -0.1) is 0 Å². The number of aliphatic hydroxyl groups excluding tert-OH is 1. The van der Waals surface area contributed by atoms with E-state index in [0.29, 0.717) is 30.0 Å². The van der Waals surface area contributed by atoms with E-state index in [2.05, 4.69) is 9.88 Å². The van der Waals surface area contributed by atoms with Gasteiger partial charge >= 0.3 is 0 Å². The van der Waals surface area contributed by atoms with Crippen LogP contribution in [0.1, 0.15) is 23.3 Å². The van der Waals surface area contributed by atoms with Gasteiger partial charge in [0.15, 0.2) is 0 Å². The predicted octanol–water partition coefficient (Wildman–Crippen LogP) is 0.634. The molecule has 1 aromatic heterocycles. The van der Waals surface area contributed by atoms with Crippen molar-refractivity contribution in [2.45, 2.75) is 25.0 Å². The third-order valence-corrected chi connectivity index (χ3v) is 6.06. The lowest BCUT2D eigenvalue weighted by molar-refractivity contribution is -0.0520. The number of likely N-dealkylation sites (tertiary alicyclic amines) is 1. The fraction of sp³-hybridized carbons (Fsp3) is 0.684. The zero-order valence-corrected chi connectivity index (χ0v) is 15.2. The molecule has 1 aliphatic carbocycles. The van der Waals surface area contributed by atoms with Gasteiger partial charge in [-0.25, -0.2) is 4.98 Å². The minimum absolute atomic E-state index is 0.0456. The van der Waals surface area contributed by atoms with Crippen LogP contribution in [0, 0.1) is 11.8 Å². The summed E-state index contributed by atoms with van der Waals surface area (Å²) in [5.41, 5.74) is 0.424. The van der Waals surface area contributed by atoms with Crippen LogP contribution in [0.2, 0.25) is 0 Å². The van der Waals surface area contributed by atoms with Crippen LogP contribution in [-0.2, 0) is 4.74 Å². The fourth-order valence-corrected chi connectivity index (χ4v) is 4.68. The zero-order valence-electron chi connectivity index (χ0n) is 15.2. The van der Waals surface area contributed by atoms with Crippen LogP contribution < -0.4 is 4.74 Å². The summed E-state index contributed by atoms with van der Waals surface area (Å²) >= 11 is 0. The number of hydrogen-bond donors (Lipinski definition) is 1. The van der Waals surface area contributed by atoms with Crippen molar-refractivity contribution in [1.29, 1.82) is 0 Å². The quantitative estimate of drug-likeness (QED) is 0.851. The number of fused-ring (bicyclic) bond motifs is 1. The average molecular weight is 361 g/mol. The maximum absolute atomic E-state index is 12.8. The Kier molecular flexibility index (Phi) is 5.11. The Hall–Kier alpha value is -1.70. The molecule has 0 spiro atoms. The van der Waals surface area contributed by atoms with Crippen molar-refractivity contribution in [3.63, 3.8) is 0 Å². The number of pyridine rings is 1. The molecule has 3 heterocycles. The smallest absolute Gasteiger partial charge is 0.272 e. The van der Waals surface area contributed by atoms with Crippen LogP contribution in [0.15, 0.2) is 18.2 Å². The first-order chi connectivity index (χ1) is 12.7. The van der Waals surface area contributed by atoms with Gasteiger partial charge in [-0.1, -0.05) is 6.07 Å². The molecule has 7 heteroatoms. The van der Waals surface area contributed by atoms with E-state index in [-0.39, 0.29) is 18.1 Å². The largest absolute Gasteiger partial charge is 0.481 e. The molecular weight excluding hydrogens is 334 g/mol. The molecule has 3 fully saturated rings. The molecule has 26 heavy (non-hydrogen) atoms. The van der Waals surface area contributed by atoms with E-state index < -0.39 is 0 Å². The van der Waals surface area contributed by atoms with Gasteiger partial charge < -0.3 is 19.5 Å². The average Bonchev–Trinajstić information content (AvgIpc) is 3.10. The molecule has 3 aliphatic rings. The number of amides is 1. The number of ether oxygens (including phenoxy) is 2. The SMILES string of the molecule is COc1cccc(C(=O)N2C[C@H]3C[C@@H](N4CCOCC4)[C@H](O)C[C@H]3C2)n1. The van der Waals surface area contributed by atoms with E-state index in [9.17, 15) is 9.90 Å². The third kappa shape index (κ3) is 3.43. The van der Waals surface area contributed by atoms with E-state index in [1.165, 1.54) is 0 Å². The number of nitrogens with zero attached hydrogens (tertiary/aromatic N) is 3. The van der Waals surface area contributed by atoms with Gasteiger partial charge in [0.05, 0.1) is 26.4 Å². The van der Waals surface area contributed by atoms with Gasteiger partial charge in [-0.2, -0.15) is 0 Å². The van der Waals surface area contributed by atoms with Crippen molar-refractivity contribution in [2.75, 3.05) is 46.5 Å². The maximum atomic E-state index is 12.8.